The van der Waals surface area contributed by atoms with E-state index in [1.54, 1.807) is 24.1 Å². The number of hydrogen-bond acceptors (Lipinski definition) is 5. The third-order valence-corrected chi connectivity index (χ3v) is 4.25. The number of anilines is 2. The van der Waals surface area contributed by atoms with Gasteiger partial charge in [-0.05, 0) is 18.6 Å². The molecule has 1 aromatic rings. The second kappa shape index (κ2) is 7.63. The van der Waals surface area contributed by atoms with Gasteiger partial charge in [-0.3, -0.25) is 9.59 Å². The van der Waals surface area contributed by atoms with Crippen molar-refractivity contribution in [3.63, 3.8) is 0 Å². The highest BCUT2D eigenvalue weighted by Crippen LogP contribution is 2.33. The van der Waals surface area contributed by atoms with Crippen molar-refractivity contribution < 1.29 is 19.1 Å². The van der Waals surface area contributed by atoms with Gasteiger partial charge in [0.05, 0.1) is 31.9 Å². The zero-order valence-electron chi connectivity index (χ0n) is 13.8. The summed E-state index contributed by atoms with van der Waals surface area (Å²) in [5, 5.41) is 6.07. The summed E-state index contributed by atoms with van der Waals surface area (Å²) in [5.74, 6) is 0.585. The van der Waals surface area contributed by atoms with Crippen molar-refractivity contribution in [2.24, 2.45) is 0 Å². The van der Waals surface area contributed by atoms with Gasteiger partial charge in [0.2, 0.25) is 11.8 Å². The molecule has 2 heterocycles. The zero-order valence-corrected chi connectivity index (χ0v) is 13.8. The Morgan fingerprint density at radius 3 is 3.04 bits per heavy atom. The van der Waals surface area contributed by atoms with Gasteiger partial charge in [-0.2, -0.15) is 0 Å². The Bertz CT molecular complexity index is 614. The van der Waals surface area contributed by atoms with Crippen LogP contribution in [0.1, 0.15) is 19.3 Å². The molecule has 1 unspecified atom stereocenters. The van der Waals surface area contributed by atoms with Crippen molar-refractivity contribution in [3.05, 3.63) is 18.2 Å². The van der Waals surface area contributed by atoms with Crippen LogP contribution in [0, 0.1) is 0 Å². The monoisotopic (exact) mass is 333 g/mol. The van der Waals surface area contributed by atoms with Gasteiger partial charge in [0.1, 0.15) is 5.75 Å². The quantitative estimate of drug-likeness (QED) is 0.845. The summed E-state index contributed by atoms with van der Waals surface area (Å²) in [6.07, 6.45) is 1.64. The average molecular weight is 333 g/mol. The smallest absolute Gasteiger partial charge is 0.227 e. The molecule has 2 amide bonds. The molecule has 24 heavy (non-hydrogen) atoms. The summed E-state index contributed by atoms with van der Waals surface area (Å²) >= 11 is 0. The largest absolute Gasteiger partial charge is 0.494 e. The molecule has 0 saturated carbocycles. The first-order valence-corrected chi connectivity index (χ1v) is 8.28. The molecule has 2 aliphatic rings. The lowest BCUT2D eigenvalue weighted by molar-refractivity contribution is -0.119. The minimum atomic E-state index is -0.101. The summed E-state index contributed by atoms with van der Waals surface area (Å²) in [7, 11) is 1.56. The third kappa shape index (κ3) is 3.85. The van der Waals surface area contributed by atoms with Crippen molar-refractivity contribution in [2.45, 2.75) is 25.4 Å². The molecule has 3 rings (SSSR count). The molecule has 7 nitrogen and oxygen atoms in total. The highest BCUT2D eigenvalue weighted by atomic mass is 16.5. The summed E-state index contributed by atoms with van der Waals surface area (Å²) in [6.45, 7) is 2.84. The van der Waals surface area contributed by atoms with E-state index < -0.39 is 0 Å². The van der Waals surface area contributed by atoms with Gasteiger partial charge >= 0.3 is 0 Å². The minimum Gasteiger partial charge on any atom is -0.494 e. The molecule has 0 bridgehead atoms. The van der Waals surface area contributed by atoms with Crippen LogP contribution in [0.15, 0.2) is 18.2 Å². The van der Waals surface area contributed by atoms with Crippen molar-refractivity contribution >= 4 is 23.2 Å². The molecule has 7 heteroatoms. The molecule has 2 saturated heterocycles. The Balaban J connectivity index is 1.65. The van der Waals surface area contributed by atoms with Crippen LogP contribution in [0.3, 0.4) is 0 Å². The highest BCUT2D eigenvalue weighted by molar-refractivity contribution is 5.98. The van der Waals surface area contributed by atoms with E-state index in [2.05, 4.69) is 10.6 Å². The van der Waals surface area contributed by atoms with E-state index in [9.17, 15) is 9.59 Å². The summed E-state index contributed by atoms with van der Waals surface area (Å²) < 4.78 is 10.9. The molecular weight excluding hydrogens is 310 g/mol. The molecule has 1 aromatic carbocycles. The molecule has 0 aromatic heterocycles. The minimum absolute atomic E-state index is 0.0952. The van der Waals surface area contributed by atoms with Crippen LogP contribution in [0.25, 0.3) is 0 Å². The molecule has 130 valence electrons. The lowest BCUT2D eigenvalue weighted by Gasteiger charge is -2.23. The van der Waals surface area contributed by atoms with Crippen molar-refractivity contribution in [1.82, 2.24) is 5.32 Å². The van der Waals surface area contributed by atoms with Gasteiger partial charge in [-0.1, -0.05) is 0 Å². The highest BCUT2D eigenvalue weighted by Gasteiger charge is 2.25. The fourth-order valence-corrected chi connectivity index (χ4v) is 3.05. The molecule has 1 atom stereocenters. The van der Waals surface area contributed by atoms with Crippen LogP contribution in [-0.2, 0) is 14.3 Å². The number of nitrogens with one attached hydrogen (secondary N) is 2. The van der Waals surface area contributed by atoms with Crippen molar-refractivity contribution in [2.75, 3.05) is 43.6 Å². The van der Waals surface area contributed by atoms with Crippen LogP contribution < -0.4 is 20.3 Å². The number of amides is 2. The maximum Gasteiger partial charge on any atom is 0.227 e. The van der Waals surface area contributed by atoms with Gasteiger partial charge in [0, 0.05) is 37.8 Å². The number of ether oxygens (including phenoxy) is 2. The van der Waals surface area contributed by atoms with Gasteiger partial charge in [-0.15, -0.1) is 0 Å². The van der Waals surface area contributed by atoms with Crippen LogP contribution in [0.5, 0.6) is 5.75 Å². The topological polar surface area (TPSA) is 79.9 Å². The van der Waals surface area contributed by atoms with Crippen molar-refractivity contribution in [1.29, 1.82) is 0 Å². The standard InChI is InChI=1S/C17H23N3O4/c1-23-15-9-12(4-5-14(15)20-7-2-3-17(20)22)19-16(21)10-13-11-18-6-8-24-13/h4-5,9,13,18H,2-3,6-8,10-11H2,1H3,(H,19,21). The van der Waals surface area contributed by atoms with E-state index in [1.165, 1.54) is 0 Å². The lowest BCUT2D eigenvalue weighted by Crippen LogP contribution is -2.40. The summed E-state index contributed by atoms with van der Waals surface area (Å²) in [5.41, 5.74) is 1.40. The first-order valence-electron chi connectivity index (χ1n) is 8.28. The van der Waals surface area contributed by atoms with E-state index in [1.807, 2.05) is 6.07 Å². The van der Waals surface area contributed by atoms with E-state index in [-0.39, 0.29) is 17.9 Å². The van der Waals surface area contributed by atoms with Gasteiger partial charge < -0.3 is 25.0 Å². The number of carbonyl (C=O) groups excluding carboxylic acids is 2. The first-order chi connectivity index (χ1) is 11.7. The number of nitrogens with zero attached hydrogens (tertiary/aromatic N) is 1. The van der Waals surface area contributed by atoms with E-state index in [0.29, 0.717) is 44.0 Å². The fourth-order valence-electron chi connectivity index (χ4n) is 3.05. The molecule has 2 aliphatic heterocycles. The van der Waals surface area contributed by atoms with E-state index in [0.717, 1.165) is 18.7 Å². The second-order valence-corrected chi connectivity index (χ2v) is 5.98. The van der Waals surface area contributed by atoms with Gasteiger partial charge in [0.25, 0.3) is 0 Å². The number of morpholine rings is 1. The van der Waals surface area contributed by atoms with E-state index in [4.69, 9.17) is 9.47 Å². The fraction of sp³-hybridized carbons (Fsp3) is 0.529. The van der Waals surface area contributed by atoms with Gasteiger partial charge in [-0.25, -0.2) is 0 Å². The normalized spacial score (nSPS) is 21.0. The Morgan fingerprint density at radius 1 is 1.50 bits per heavy atom. The number of carbonyl (C=O) groups is 2. The predicted octanol–water partition coefficient (Wildman–Crippen LogP) is 1.14. The molecule has 2 fully saturated rings. The first kappa shape index (κ1) is 16.7. The number of benzene rings is 1. The van der Waals surface area contributed by atoms with Crippen LogP contribution in [-0.4, -0.2) is 51.3 Å². The second-order valence-electron chi connectivity index (χ2n) is 5.98. The van der Waals surface area contributed by atoms with Crippen LogP contribution in [0.2, 0.25) is 0 Å². The molecule has 0 radical (unpaired) electrons. The number of methoxy groups -OCH3 is 1. The molecule has 2 N–H and O–H groups in total. The Labute approximate surface area is 141 Å². The van der Waals surface area contributed by atoms with Gasteiger partial charge in [0.15, 0.2) is 0 Å². The molecule has 0 spiro atoms. The lowest BCUT2D eigenvalue weighted by atomic mass is 10.2. The molecule has 0 aliphatic carbocycles. The van der Waals surface area contributed by atoms with Crippen LogP contribution >= 0.6 is 0 Å². The summed E-state index contributed by atoms with van der Waals surface area (Å²) in [4.78, 5) is 25.8. The third-order valence-electron chi connectivity index (χ3n) is 4.25. The maximum absolute atomic E-state index is 12.1. The zero-order chi connectivity index (χ0) is 16.9. The number of hydrogen-bond donors (Lipinski definition) is 2. The van der Waals surface area contributed by atoms with Crippen LogP contribution in [0.4, 0.5) is 11.4 Å². The Hall–Kier alpha value is -2.12. The Morgan fingerprint density at radius 2 is 2.38 bits per heavy atom. The maximum atomic E-state index is 12.1. The molecular formula is C17H23N3O4. The number of rotatable bonds is 5. The SMILES string of the molecule is COc1cc(NC(=O)CC2CNCCO2)ccc1N1CCCC1=O. The summed E-state index contributed by atoms with van der Waals surface area (Å²) in [6, 6.07) is 5.36. The van der Waals surface area contributed by atoms with Crippen molar-refractivity contribution in [3.8, 4) is 5.75 Å². The Kier molecular flexibility index (Phi) is 5.32. The van der Waals surface area contributed by atoms with E-state index >= 15 is 0 Å². The average Bonchev–Trinajstić information content (AvgIpc) is 3.01. The predicted molar refractivity (Wildman–Crippen MR) is 90.4 cm³/mol.